The molecule has 0 amide bonds. The standard InChI is InChI=1S/C26H22N2O8S2/c1-35-23-10-8-17-15-18(7-9-19(17)25(23)38(32,33)34)24-16-27-26(36-24)21-11-13-28(12-4-14-37(29,30)31)22-6-3-2-5-20(21)22/h2-3,5-11,13,15-16H,4,12,14H2,1H3,(H-,29,30,31,32,33,34)/p+1. The Labute approximate surface area is 218 Å². The number of hydrogen-bond donors (Lipinski definition) is 2. The van der Waals surface area contributed by atoms with E-state index in [9.17, 15) is 21.4 Å². The molecular weight excluding hydrogens is 532 g/mol. The zero-order valence-corrected chi connectivity index (χ0v) is 21.7. The van der Waals surface area contributed by atoms with Gasteiger partial charge in [0.05, 0.1) is 30.0 Å². The van der Waals surface area contributed by atoms with E-state index < -0.39 is 20.2 Å². The molecule has 0 spiro atoms. The van der Waals surface area contributed by atoms with Crippen LogP contribution in [0.15, 0.2) is 82.4 Å². The van der Waals surface area contributed by atoms with Crippen LogP contribution in [0.3, 0.4) is 0 Å². The largest absolute Gasteiger partial charge is 0.495 e. The number of aryl methyl sites for hydroxylation is 1. The van der Waals surface area contributed by atoms with Gasteiger partial charge in [-0.2, -0.15) is 21.4 Å². The van der Waals surface area contributed by atoms with Crippen molar-refractivity contribution in [2.24, 2.45) is 0 Å². The van der Waals surface area contributed by atoms with Gasteiger partial charge in [0.1, 0.15) is 17.2 Å². The molecule has 0 saturated heterocycles. The number of hydrogen-bond acceptors (Lipinski definition) is 7. The summed E-state index contributed by atoms with van der Waals surface area (Å²) in [5.74, 6) is 0.541. The van der Waals surface area contributed by atoms with Gasteiger partial charge < -0.3 is 9.15 Å². The molecule has 2 aromatic heterocycles. The summed E-state index contributed by atoms with van der Waals surface area (Å²) in [6.07, 6.45) is 3.64. The van der Waals surface area contributed by atoms with Crippen molar-refractivity contribution in [1.82, 2.24) is 4.98 Å². The van der Waals surface area contributed by atoms with Gasteiger partial charge in [0.15, 0.2) is 12.0 Å². The van der Waals surface area contributed by atoms with E-state index in [0.29, 0.717) is 34.5 Å². The first-order chi connectivity index (χ1) is 18.0. The van der Waals surface area contributed by atoms with Crippen molar-refractivity contribution in [3.05, 3.63) is 73.1 Å². The Hall–Kier alpha value is -3.84. The fourth-order valence-electron chi connectivity index (χ4n) is 4.48. The zero-order chi connectivity index (χ0) is 27.1. The summed E-state index contributed by atoms with van der Waals surface area (Å²) in [5.41, 5.74) is 2.23. The highest BCUT2D eigenvalue weighted by molar-refractivity contribution is 7.86. The molecule has 0 bridgehead atoms. The van der Waals surface area contributed by atoms with E-state index in [0.717, 1.165) is 16.5 Å². The number of benzene rings is 3. The van der Waals surface area contributed by atoms with E-state index in [4.69, 9.17) is 13.7 Å². The molecule has 10 nitrogen and oxygen atoms in total. The van der Waals surface area contributed by atoms with Crippen molar-refractivity contribution >= 4 is 41.9 Å². The van der Waals surface area contributed by atoms with Gasteiger partial charge in [-0.1, -0.05) is 30.3 Å². The fourth-order valence-corrected chi connectivity index (χ4v) is 5.84. The van der Waals surface area contributed by atoms with Crippen LogP contribution in [0, 0.1) is 0 Å². The maximum absolute atomic E-state index is 12.0. The lowest BCUT2D eigenvalue weighted by molar-refractivity contribution is -0.671. The lowest BCUT2D eigenvalue weighted by Crippen LogP contribution is -2.35. The molecule has 5 aromatic rings. The summed E-state index contributed by atoms with van der Waals surface area (Å²) >= 11 is 0. The molecule has 0 radical (unpaired) electrons. The van der Waals surface area contributed by atoms with Crippen LogP contribution in [0.2, 0.25) is 0 Å². The Balaban J connectivity index is 1.52. The Bertz CT molecular complexity index is 1900. The molecule has 196 valence electrons. The number of oxazole rings is 1. The topological polar surface area (TPSA) is 148 Å². The third-order valence-electron chi connectivity index (χ3n) is 6.16. The third-order valence-corrected chi connectivity index (χ3v) is 7.90. The molecule has 0 unspecified atom stereocenters. The molecule has 0 aliphatic carbocycles. The van der Waals surface area contributed by atoms with E-state index in [2.05, 4.69) is 4.98 Å². The van der Waals surface area contributed by atoms with Crippen molar-refractivity contribution < 1.29 is 39.7 Å². The maximum Gasteiger partial charge on any atom is 0.298 e. The summed E-state index contributed by atoms with van der Waals surface area (Å²) in [4.78, 5) is 4.15. The molecule has 0 fully saturated rings. The van der Waals surface area contributed by atoms with E-state index in [1.165, 1.54) is 13.2 Å². The lowest BCUT2D eigenvalue weighted by Gasteiger charge is -2.10. The van der Waals surface area contributed by atoms with Crippen molar-refractivity contribution in [2.75, 3.05) is 12.9 Å². The van der Waals surface area contributed by atoms with Gasteiger partial charge in [0.2, 0.25) is 11.4 Å². The van der Waals surface area contributed by atoms with Gasteiger partial charge in [0.25, 0.3) is 20.2 Å². The van der Waals surface area contributed by atoms with Gasteiger partial charge in [-0.05, 0) is 23.6 Å². The van der Waals surface area contributed by atoms with Crippen molar-refractivity contribution in [3.8, 4) is 28.5 Å². The Morgan fingerprint density at radius 1 is 0.974 bits per heavy atom. The number of methoxy groups -OCH3 is 1. The molecule has 12 heteroatoms. The molecule has 0 aliphatic heterocycles. The Kier molecular flexibility index (Phi) is 6.65. The summed E-state index contributed by atoms with van der Waals surface area (Å²) in [6, 6.07) is 17.5. The average molecular weight is 556 g/mol. The third kappa shape index (κ3) is 5.11. The second kappa shape index (κ2) is 9.80. The molecule has 5 rings (SSSR count). The predicted molar refractivity (Wildman–Crippen MR) is 140 cm³/mol. The van der Waals surface area contributed by atoms with E-state index in [-0.39, 0.29) is 22.8 Å². The number of nitrogens with zero attached hydrogens (tertiary/aromatic N) is 2. The summed E-state index contributed by atoms with van der Waals surface area (Å²) in [5, 5.41) is 1.71. The predicted octanol–water partition coefficient (Wildman–Crippen LogP) is 4.14. The van der Waals surface area contributed by atoms with Crippen LogP contribution in [0.1, 0.15) is 6.42 Å². The minimum Gasteiger partial charge on any atom is -0.495 e. The number of fused-ring (bicyclic) bond motifs is 2. The van der Waals surface area contributed by atoms with E-state index in [1.54, 1.807) is 30.5 Å². The summed E-state index contributed by atoms with van der Waals surface area (Å²) in [7, 11) is -7.23. The van der Waals surface area contributed by atoms with Gasteiger partial charge in [-0.15, -0.1) is 0 Å². The SMILES string of the molecule is COc1ccc2cc(-c3cnc(-c4cc[n+](CCCS(=O)(=O)O)c5ccccc45)o3)ccc2c1S(=O)(=O)O. The van der Waals surface area contributed by atoms with Crippen molar-refractivity contribution in [1.29, 1.82) is 0 Å². The highest BCUT2D eigenvalue weighted by Gasteiger charge is 2.22. The van der Waals surface area contributed by atoms with Gasteiger partial charge in [-0.3, -0.25) is 9.11 Å². The second-order valence-corrected chi connectivity index (χ2v) is 11.5. The molecule has 0 aliphatic rings. The number of aromatic nitrogens is 2. The highest BCUT2D eigenvalue weighted by atomic mass is 32.2. The van der Waals surface area contributed by atoms with E-state index in [1.807, 2.05) is 41.1 Å². The van der Waals surface area contributed by atoms with Gasteiger partial charge >= 0.3 is 0 Å². The maximum atomic E-state index is 12.0. The van der Waals surface area contributed by atoms with Crippen LogP contribution < -0.4 is 9.30 Å². The van der Waals surface area contributed by atoms with Crippen LogP contribution in [-0.4, -0.2) is 43.8 Å². The Morgan fingerprint density at radius 2 is 1.76 bits per heavy atom. The molecular formula is C26H23N2O8S2+. The molecule has 2 N–H and O–H groups in total. The molecule has 0 atom stereocenters. The monoisotopic (exact) mass is 555 g/mol. The molecule has 0 saturated carbocycles. The first-order valence-corrected chi connectivity index (χ1v) is 14.5. The zero-order valence-electron chi connectivity index (χ0n) is 20.1. The van der Waals surface area contributed by atoms with Crippen molar-refractivity contribution in [3.63, 3.8) is 0 Å². The molecule has 2 heterocycles. The van der Waals surface area contributed by atoms with Gasteiger partial charge in [0, 0.05) is 29.5 Å². The minimum absolute atomic E-state index is 0.0425. The normalized spacial score (nSPS) is 12.3. The summed E-state index contributed by atoms with van der Waals surface area (Å²) < 4.78 is 78.0. The number of ether oxygens (including phenoxy) is 1. The van der Waals surface area contributed by atoms with Crippen LogP contribution in [-0.2, 0) is 26.8 Å². The molecule has 38 heavy (non-hydrogen) atoms. The first-order valence-electron chi connectivity index (χ1n) is 11.5. The van der Waals surface area contributed by atoms with Crippen LogP contribution in [0.4, 0.5) is 0 Å². The van der Waals surface area contributed by atoms with Crippen LogP contribution >= 0.6 is 0 Å². The smallest absolute Gasteiger partial charge is 0.298 e. The first kappa shape index (κ1) is 25.8. The van der Waals surface area contributed by atoms with Crippen LogP contribution in [0.5, 0.6) is 5.75 Å². The van der Waals surface area contributed by atoms with Gasteiger partial charge in [-0.25, -0.2) is 4.98 Å². The fraction of sp³-hybridized carbons (Fsp3) is 0.154. The van der Waals surface area contributed by atoms with Crippen LogP contribution in [0.25, 0.3) is 44.5 Å². The minimum atomic E-state index is -4.52. The van der Waals surface area contributed by atoms with Crippen molar-refractivity contribution in [2.45, 2.75) is 17.9 Å². The molecule has 3 aromatic carbocycles. The number of pyridine rings is 1. The average Bonchev–Trinajstić information content (AvgIpc) is 3.36. The van der Waals surface area contributed by atoms with E-state index >= 15 is 0 Å². The number of para-hydroxylation sites is 1. The summed E-state index contributed by atoms with van der Waals surface area (Å²) in [6.45, 7) is 0.394. The second-order valence-electron chi connectivity index (χ2n) is 8.62. The Morgan fingerprint density at radius 3 is 2.50 bits per heavy atom. The number of rotatable bonds is 8. The quantitative estimate of drug-likeness (QED) is 0.213. The highest BCUT2D eigenvalue weighted by Crippen LogP contribution is 2.35. The lowest BCUT2D eigenvalue weighted by atomic mass is 10.1.